The first-order valence-corrected chi connectivity index (χ1v) is 14.4. The monoisotopic (exact) mass is 642 g/mol. The maximum Gasteiger partial charge on any atom is 0.326 e. The molecule has 0 spiro atoms. The van der Waals surface area contributed by atoms with Gasteiger partial charge in [-0.1, -0.05) is 42.8 Å². The van der Waals surface area contributed by atoms with E-state index in [1.807, 2.05) is 6.07 Å². The fraction of sp³-hybridized carbons (Fsp3) is 0.323. The lowest BCUT2D eigenvalue weighted by atomic mass is 10.0. The second-order valence-corrected chi connectivity index (χ2v) is 10.6. The second-order valence-electron chi connectivity index (χ2n) is 10.2. The van der Waals surface area contributed by atoms with Gasteiger partial charge in [0.1, 0.15) is 23.7 Å². The van der Waals surface area contributed by atoms with Crippen molar-refractivity contribution in [2.75, 3.05) is 36.0 Å². The smallest absolute Gasteiger partial charge is 0.326 e. The summed E-state index contributed by atoms with van der Waals surface area (Å²) in [7, 11) is 0. The number of aliphatic hydroxyl groups excluding tert-OH is 1. The molecular weight excluding hydrogens is 613 g/mol. The predicted octanol–water partition coefficient (Wildman–Crippen LogP) is 4.67. The van der Waals surface area contributed by atoms with Gasteiger partial charge in [0, 0.05) is 48.4 Å². The van der Waals surface area contributed by atoms with Crippen molar-refractivity contribution >= 4 is 41.0 Å². The van der Waals surface area contributed by atoms with Crippen molar-refractivity contribution in [1.82, 2.24) is 15.2 Å². The number of nitrogens with zero attached hydrogens (tertiary/aromatic N) is 5. The Bertz CT molecular complexity index is 1600. The summed E-state index contributed by atoms with van der Waals surface area (Å²) in [5, 5.41) is 21.6. The number of carbonyl (C=O) groups is 3. The molecule has 0 aliphatic carbocycles. The van der Waals surface area contributed by atoms with Gasteiger partial charge in [0.25, 0.3) is 5.91 Å². The molecule has 45 heavy (non-hydrogen) atoms. The zero-order valence-corrected chi connectivity index (χ0v) is 24.9. The number of urea groups is 1. The minimum absolute atomic E-state index is 0.0439. The van der Waals surface area contributed by atoms with Gasteiger partial charge in [-0.3, -0.25) is 19.4 Å². The molecule has 1 saturated heterocycles. The van der Waals surface area contributed by atoms with Gasteiger partial charge in [-0.05, 0) is 36.4 Å². The van der Waals surface area contributed by atoms with Crippen LogP contribution in [0.25, 0.3) is 0 Å². The number of halogens is 4. The number of hydrogen-bond acceptors (Lipinski definition) is 6. The van der Waals surface area contributed by atoms with Crippen molar-refractivity contribution < 1.29 is 32.7 Å². The van der Waals surface area contributed by atoms with E-state index in [0.717, 1.165) is 21.9 Å². The summed E-state index contributed by atoms with van der Waals surface area (Å²) >= 11 is 6.51. The number of pyridine rings is 1. The van der Waals surface area contributed by atoms with Crippen LogP contribution in [0.4, 0.5) is 29.5 Å². The van der Waals surface area contributed by atoms with Gasteiger partial charge >= 0.3 is 6.03 Å². The number of nitrogens with one attached hydrogen (secondary N) is 1. The molecule has 1 aliphatic heterocycles. The standard InChI is InChI=1S/C31H30ClF3N6O4/c1-2-31(34,35)11-13-38-28(43)27(23-8-3-4-9-24(23)32)40(22-7-5-6-21(33)17-22)29(44)25-19-39(14-15-42)30(45)41(25)26-16-20(18-36)10-12-37-26/h3-10,12,16-17,25,27,42H,2,11,13-15,19H2,1H3,(H,38,43)/t25-,27-/m0/s1. The Hall–Kier alpha value is -4.67. The molecule has 2 aromatic carbocycles. The molecule has 1 aromatic heterocycles. The van der Waals surface area contributed by atoms with Crippen molar-refractivity contribution in [3.63, 3.8) is 0 Å². The summed E-state index contributed by atoms with van der Waals surface area (Å²) in [5.41, 5.74) is 0.189. The summed E-state index contributed by atoms with van der Waals surface area (Å²) in [6, 6.07) is 11.9. The van der Waals surface area contributed by atoms with E-state index in [9.17, 15) is 37.9 Å². The van der Waals surface area contributed by atoms with Crippen LogP contribution in [-0.2, 0) is 9.59 Å². The van der Waals surface area contributed by atoms with Gasteiger partial charge in [-0.25, -0.2) is 22.9 Å². The lowest BCUT2D eigenvalue weighted by Crippen LogP contribution is -2.53. The van der Waals surface area contributed by atoms with Crippen LogP contribution < -0.4 is 15.1 Å². The van der Waals surface area contributed by atoms with Gasteiger partial charge < -0.3 is 15.3 Å². The maximum absolute atomic E-state index is 14.7. The summed E-state index contributed by atoms with van der Waals surface area (Å²) in [6.45, 7) is 0.0512. The third kappa shape index (κ3) is 7.53. The Morgan fingerprint density at radius 2 is 1.98 bits per heavy atom. The molecule has 236 valence electrons. The highest BCUT2D eigenvalue weighted by Crippen LogP contribution is 2.35. The lowest BCUT2D eigenvalue weighted by Gasteiger charge is -2.35. The summed E-state index contributed by atoms with van der Waals surface area (Å²) in [6.07, 6.45) is 0.176. The zero-order valence-electron chi connectivity index (χ0n) is 24.2. The molecule has 4 amide bonds. The Kier molecular flexibility index (Phi) is 10.6. The first-order valence-electron chi connectivity index (χ1n) is 14.0. The topological polar surface area (TPSA) is 130 Å². The predicted molar refractivity (Wildman–Crippen MR) is 160 cm³/mol. The normalized spacial score (nSPS) is 15.5. The highest BCUT2D eigenvalue weighted by Gasteiger charge is 2.47. The van der Waals surface area contributed by atoms with Crippen LogP contribution in [0.15, 0.2) is 66.9 Å². The molecule has 10 nitrogen and oxygen atoms in total. The van der Waals surface area contributed by atoms with Crippen LogP contribution in [0, 0.1) is 17.1 Å². The molecule has 0 saturated carbocycles. The second kappa shape index (κ2) is 14.4. The number of amides is 4. The third-order valence-corrected chi connectivity index (χ3v) is 7.64. The van der Waals surface area contributed by atoms with E-state index < -0.39 is 67.7 Å². The van der Waals surface area contributed by atoms with Gasteiger partial charge in [0.2, 0.25) is 11.8 Å². The highest BCUT2D eigenvalue weighted by atomic mass is 35.5. The van der Waals surface area contributed by atoms with Gasteiger partial charge in [0.05, 0.1) is 24.8 Å². The maximum atomic E-state index is 14.7. The van der Waals surface area contributed by atoms with Crippen molar-refractivity contribution in [3.8, 4) is 6.07 Å². The number of alkyl halides is 2. The number of aliphatic hydroxyl groups is 1. The van der Waals surface area contributed by atoms with Crippen LogP contribution in [0.2, 0.25) is 5.02 Å². The van der Waals surface area contributed by atoms with Crippen molar-refractivity contribution in [2.24, 2.45) is 0 Å². The molecule has 0 radical (unpaired) electrons. The number of benzene rings is 2. The van der Waals surface area contributed by atoms with Gasteiger partial charge in [0.15, 0.2) is 0 Å². The molecule has 3 aromatic rings. The highest BCUT2D eigenvalue weighted by molar-refractivity contribution is 6.31. The minimum Gasteiger partial charge on any atom is -0.395 e. The van der Waals surface area contributed by atoms with Crippen LogP contribution in [-0.4, -0.2) is 71.0 Å². The van der Waals surface area contributed by atoms with E-state index in [1.165, 1.54) is 54.4 Å². The average molecular weight is 643 g/mol. The van der Waals surface area contributed by atoms with Crippen molar-refractivity contribution in [2.45, 2.75) is 37.8 Å². The minimum atomic E-state index is -3.04. The Balaban J connectivity index is 1.86. The molecule has 2 heterocycles. The average Bonchev–Trinajstić information content (AvgIpc) is 3.35. The first kappa shape index (κ1) is 33.2. The number of aromatic nitrogens is 1. The van der Waals surface area contributed by atoms with Crippen LogP contribution in [0.5, 0.6) is 0 Å². The fourth-order valence-corrected chi connectivity index (χ4v) is 5.19. The molecule has 4 rings (SSSR count). The fourth-order valence-electron chi connectivity index (χ4n) is 4.95. The number of rotatable bonds is 12. The zero-order chi connectivity index (χ0) is 32.7. The van der Waals surface area contributed by atoms with Gasteiger partial charge in [-0.15, -0.1) is 0 Å². The van der Waals surface area contributed by atoms with Gasteiger partial charge in [-0.2, -0.15) is 5.26 Å². The molecule has 0 bridgehead atoms. The number of carbonyl (C=O) groups excluding carboxylic acids is 3. The van der Waals surface area contributed by atoms with E-state index in [0.29, 0.717) is 0 Å². The molecule has 2 N–H and O–H groups in total. The summed E-state index contributed by atoms with van der Waals surface area (Å²) < 4.78 is 42.7. The third-order valence-electron chi connectivity index (χ3n) is 7.30. The molecular formula is C31H30ClF3N6O4. The molecule has 0 unspecified atom stereocenters. The van der Waals surface area contributed by atoms with Crippen molar-refractivity contribution in [1.29, 1.82) is 5.26 Å². The SMILES string of the molecule is CCC(F)(F)CCNC(=O)[C@H](c1ccccc1Cl)N(C(=O)[C@@H]1CN(CCO)C(=O)N1c1cc(C#N)ccn1)c1cccc(F)c1. The molecule has 1 aliphatic rings. The molecule has 2 atom stereocenters. The van der Waals surface area contributed by atoms with E-state index >= 15 is 0 Å². The van der Waals surface area contributed by atoms with Crippen LogP contribution in [0.1, 0.15) is 36.9 Å². The Morgan fingerprint density at radius 1 is 1.22 bits per heavy atom. The number of anilines is 2. The quantitative estimate of drug-likeness (QED) is 0.295. The number of β-amino-alcohol motifs (C(OH)–C–C–N with tert-alkyl or cyclic N) is 1. The Labute approximate surface area is 262 Å². The largest absolute Gasteiger partial charge is 0.395 e. The van der Waals surface area contributed by atoms with Crippen LogP contribution in [0.3, 0.4) is 0 Å². The Morgan fingerprint density at radius 3 is 2.64 bits per heavy atom. The van der Waals surface area contributed by atoms with Crippen LogP contribution >= 0.6 is 11.6 Å². The number of hydrogen-bond donors (Lipinski definition) is 2. The summed E-state index contributed by atoms with van der Waals surface area (Å²) in [5.74, 6) is -5.57. The summed E-state index contributed by atoms with van der Waals surface area (Å²) in [4.78, 5) is 49.5. The van der Waals surface area contributed by atoms with E-state index in [1.54, 1.807) is 12.1 Å². The van der Waals surface area contributed by atoms with E-state index in [-0.39, 0.29) is 40.7 Å². The van der Waals surface area contributed by atoms with E-state index in [2.05, 4.69) is 10.3 Å². The van der Waals surface area contributed by atoms with Crippen molar-refractivity contribution in [3.05, 3.63) is 88.8 Å². The van der Waals surface area contributed by atoms with E-state index in [4.69, 9.17) is 11.6 Å². The number of nitriles is 1. The molecule has 14 heteroatoms. The first-order chi connectivity index (χ1) is 21.5. The molecule has 1 fully saturated rings. The lowest BCUT2D eigenvalue weighted by molar-refractivity contribution is -0.127.